The highest BCUT2D eigenvalue weighted by atomic mass is 19.4. The van der Waals surface area contributed by atoms with Crippen molar-refractivity contribution in [2.75, 3.05) is 5.32 Å². The van der Waals surface area contributed by atoms with Crippen LogP contribution in [0.3, 0.4) is 0 Å². The third-order valence-electron chi connectivity index (χ3n) is 5.95. The second kappa shape index (κ2) is 8.99. The Kier molecular flexibility index (Phi) is 6.27. The number of carbonyl (C=O) groups is 1. The number of benzene rings is 1. The summed E-state index contributed by atoms with van der Waals surface area (Å²) in [7, 11) is 0. The Balaban J connectivity index is 1.53. The highest BCUT2D eigenvalue weighted by Crippen LogP contribution is 2.34. The van der Waals surface area contributed by atoms with Crippen LogP contribution in [0, 0.1) is 12.7 Å². The van der Waals surface area contributed by atoms with Gasteiger partial charge in [0.1, 0.15) is 11.5 Å². The van der Waals surface area contributed by atoms with Crippen LogP contribution in [-0.2, 0) is 12.7 Å². The summed E-state index contributed by atoms with van der Waals surface area (Å²) in [6, 6.07) is 4.12. The van der Waals surface area contributed by atoms with Crippen molar-refractivity contribution in [2.45, 2.75) is 64.3 Å². The van der Waals surface area contributed by atoms with Crippen molar-refractivity contribution in [3.05, 3.63) is 53.2 Å². The molecular weight excluding hydrogens is 438 g/mol. The maximum absolute atomic E-state index is 13.8. The predicted octanol–water partition coefficient (Wildman–Crippen LogP) is 5.07. The first kappa shape index (κ1) is 23.0. The number of hydrogen-bond acceptors (Lipinski definition) is 4. The van der Waals surface area contributed by atoms with E-state index in [1.807, 2.05) is 6.92 Å². The second-order valence-electron chi connectivity index (χ2n) is 8.38. The summed E-state index contributed by atoms with van der Waals surface area (Å²) in [5.41, 5.74) is 0.372. The molecule has 1 aliphatic rings. The molecule has 2 aromatic heterocycles. The summed E-state index contributed by atoms with van der Waals surface area (Å²) in [4.78, 5) is 16.4. The highest BCUT2D eigenvalue weighted by molar-refractivity contribution is 5.95. The first-order valence-electron chi connectivity index (χ1n) is 10.9. The molecule has 2 heterocycles. The van der Waals surface area contributed by atoms with Gasteiger partial charge >= 0.3 is 6.18 Å². The van der Waals surface area contributed by atoms with E-state index in [9.17, 15) is 22.4 Å². The van der Waals surface area contributed by atoms with Crippen molar-refractivity contribution >= 4 is 22.5 Å². The third-order valence-corrected chi connectivity index (χ3v) is 5.95. The van der Waals surface area contributed by atoms with Crippen molar-refractivity contribution < 1.29 is 22.4 Å². The van der Waals surface area contributed by atoms with E-state index in [4.69, 9.17) is 0 Å². The fourth-order valence-corrected chi connectivity index (χ4v) is 4.30. The van der Waals surface area contributed by atoms with Crippen LogP contribution in [-0.4, -0.2) is 32.8 Å². The Hall–Kier alpha value is -3.17. The number of aromatic nitrogens is 3. The molecule has 0 unspecified atom stereocenters. The number of rotatable bonds is 5. The Bertz CT molecular complexity index is 1170. The fraction of sp³-hybridized carbons (Fsp3) is 0.435. The summed E-state index contributed by atoms with van der Waals surface area (Å²) in [5, 5.41) is 10.8. The van der Waals surface area contributed by atoms with E-state index in [0.29, 0.717) is 24.2 Å². The molecule has 10 heteroatoms. The molecule has 6 nitrogen and oxygen atoms in total. The minimum absolute atomic E-state index is 0.0674. The zero-order valence-electron chi connectivity index (χ0n) is 18.3. The molecule has 3 aromatic rings. The highest BCUT2D eigenvalue weighted by Gasteiger charge is 2.34. The lowest BCUT2D eigenvalue weighted by Crippen LogP contribution is -2.42. The molecule has 33 heavy (non-hydrogen) atoms. The summed E-state index contributed by atoms with van der Waals surface area (Å²) in [5.74, 6) is -0.766. The topological polar surface area (TPSA) is 71.8 Å². The van der Waals surface area contributed by atoms with Crippen LogP contribution in [0.2, 0.25) is 0 Å². The van der Waals surface area contributed by atoms with Gasteiger partial charge in [-0.1, -0.05) is 0 Å². The van der Waals surface area contributed by atoms with Crippen molar-refractivity contribution in [3.8, 4) is 0 Å². The quantitative estimate of drug-likeness (QED) is 0.519. The number of nitrogens with zero attached hydrogens (tertiary/aromatic N) is 3. The van der Waals surface area contributed by atoms with E-state index in [1.54, 1.807) is 17.8 Å². The zero-order chi connectivity index (χ0) is 23.8. The van der Waals surface area contributed by atoms with Crippen molar-refractivity contribution in [1.29, 1.82) is 0 Å². The summed E-state index contributed by atoms with van der Waals surface area (Å²) >= 11 is 0. The normalized spacial score (nSPS) is 19.0. The maximum atomic E-state index is 13.8. The number of alkyl halides is 3. The maximum Gasteiger partial charge on any atom is 0.433 e. The van der Waals surface area contributed by atoms with Crippen LogP contribution < -0.4 is 10.6 Å². The number of hydrogen-bond donors (Lipinski definition) is 2. The van der Waals surface area contributed by atoms with E-state index in [-0.39, 0.29) is 34.6 Å². The van der Waals surface area contributed by atoms with Gasteiger partial charge in [0.15, 0.2) is 0 Å². The van der Waals surface area contributed by atoms with Crippen LogP contribution in [0.15, 0.2) is 30.5 Å². The van der Waals surface area contributed by atoms with Crippen LogP contribution in [0.1, 0.15) is 54.4 Å². The third kappa shape index (κ3) is 5.09. The first-order chi connectivity index (χ1) is 15.6. The van der Waals surface area contributed by atoms with Gasteiger partial charge in [0.2, 0.25) is 0 Å². The van der Waals surface area contributed by atoms with E-state index in [1.165, 1.54) is 12.1 Å². The molecular formula is C23H25F4N5O. The molecule has 2 N–H and O–H groups in total. The Morgan fingerprint density at radius 2 is 1.97 bits per heavy atom. The van der Waals surface area contributed by atoms with Gasteiger partial charge in [-0.3, -0.25) is 9.48 Å². The lowest BCUT2D eigenvalue weighted by Gasteiger charge is -2.31. The van der Waals surface area contributed by atoms with Crippen LogP contribution in [0.5, 0.6) is 0 Å². The molecule has 0 saturated heterocycles. The monoisotopic (exact) mass is 463 g/mol. The van der Waals surface area contributed by atoms with Gasteiger partial charge in [-0.15, -0.1) is 0 Å². The van der Waals surface area contributed by atoms with Gasteiger partial charge in [0.05, 0.1) is 16.8 Å². The van der Waals surface area contributed by atoms with E-state index >= 15 is 0 Å². The molecule has 1 amide bonds. The Morgan fingerprint density at radius 1 is 1.21 bits per heavy atom. The molecule has 176 valence electrons. The number of halogens is 4. The molecule has 1 aromatic carbocycles. The number of carbonyl (C=O) groups excluding carboxylic acids is 1. The molecule has 4 rings (SSSR count). The van der Waals surface area contributed by atoms with Crippen molar-refractivity contribution in [2.24, 2.45) is 0 Å². The first-order valence-corrected chi connectivity index (χ1v) is 10.9. The molecule has 1 aliphatic carbocycles. The average molecular weight is 463 g/mol. The zero-order valence-corrected chi connectivity index (χ0v) is 18.3. The lowest BCUT2D eigenvalue weighted by atomic mass is 9.90. The van der Waals surface area contributed by atoms with Gasteiger partial charge in [0.25, 0.3) is 5.91 Å². The second-order valence-corrected chi connectivity index (χ2v) is 8.38. The van der Waals surface area contributed by atoms with Crippen molar-refractivity contribution in [1.82, 2.24) is 20.1 Å². The molecule has 1 saturated carbocycles. The van der Waals surface area contributed by atoms with Gasteiger partial charge < -0.3 is 10.6 Å². The molecule has 0 radical (unpaired) electrons. The Morgan fingerprint density at radius 3 is 2.67 bits per heavy atom. The molecule has 2 atom stereocenters. The van der Waals surface area contributed by atoms with Crippen LogP contribution >= 0.6 is 0 Å². The van der Waals surface area contributed by atoms with E-state index in [0.717, 1.165) is 31.4 Å². The average Bonchev–Trinajstić information content (AvgIpc) is 3.14. The van der Waals surface area contributed by atoms with Crippen molar-refractivity contribution in [3.63, 3.8) is 0 Å². The molecule has 0 bridgehead atoms. The van der Waals surface area contributed by atoms with Gasteiger partial charge in [-0.25, -0.2) is 9.37 Å². The Labute approximate surface area is 188 Å². The molecule has 0 spiro atoms. The number of nitrogens with one attached hydrogen (secondary N) is 2. The largest absolute Gasteiger partial charge is 0.433 e. The minimum atomic E-state index is -4.62. The number of aryl methyl sites for hydroxylation is 2. The SMILES string of the molecule is CCn1cc(C(=O)N[C@@H]2CCC[C@H](Nc3cc(C(F)(F)F)nc4ccc(F)cc34)C2)c(C)n1. The summed E-state index contributed by atoms with van der Waals surface area (Å²) < 4.78 is 55.6. The van der Waals surface area contributed by atoms with Gasteiger partial charge in [0, 0.05) is 35.9 Å². The van der Waals surface area contributed by atoms with Gasteiger partial charge in [-0.2, -0.15) is 18.3 Å². The number of pyridine rings is 1. The van der Waals surface area contributed by atoms with Crippen LogP contribution in [0.4, 0.5) is 23.2 Å². The lowest BCUT2D eigenvalue weighted by molar-refractivity contribution is -0.140. The minimum Gasteiger partial charge on any atom is -0.382 e. The standard InChI is InChI=1S/C23H25F4N5O/c1-3-32-12-18(13(2)31-32)22(33)29-16-6-4-5-15(10-16)28-20-11-21(23(25,26)27)30-19-8-7-14(24)9-17(19)20/h7-9,11-12,15-16H,3-6,10H2,1-2H3,(H,28,30)(H,29,33)/t15-,16+/m0/s1. The molecule has 0 aliphatic heterocycles. The number of amides is 1. The number of fused-ring (bicyclic) bond motifs is 1. The number of anilines is 1. The van der Waals surface area contributed by atoms with E-state index in [2.05, 4.69) is 20.7 Å². The summed E-state index contributed by atoms with van der Waals surface area (Å²) in [6.07, 6.45) is -0.0982. The summed E-state index contributed by atoms with van der Waals surface area (Å²) in [6.45, 7) is 4.37. The van der Waals surface area contributed by atoms with Crippen LogP contribution in [0.25, 0.3) is 10.9 Å². The van der Waals surface area contributed by atoms with E-state index < -0.39 is 17.7 Å². The van der Waals surface area contributed by atoms with Gasteiger partial charge in [-0.05, 0) is 63.8 Å². The smallest absolute Gasteiger partial charge is 0.382 e. The molecule has 1 fully saturated rings. The fourth-order valence-electron chi connectivity index (χ4n) is 4.30. The predicted molar refractivity (Wildman–Crippen MR) is 116 cm³/mol.